The van der Waals surface area contributed by atoms with Crippen LogP contribution in [0.1, 0.15) is 31.7 Å². The molecule has 2 heterocycles. The predicted octanol–water partition coefficient (Wildman–Crippen LogP) is 5.24. The van der Waals surface area contributed by atoms with E-state index in [9.17, 15) is 0 Å². The van der Waals surface area contributed by atoms with Gasteiger partial charge in [0.2, 0.25) is 5.95 Å². The molecule has 4 rings (SSSR count). The van der Waals surface area contributed by atoms with Crippen LogP contribution in [0.2, 0.25) is 0 Å². The van der Waals surface area contributed by atoms with Gasteiger partial charge in [-0.1, -0.05) is 30.3 Å². The van der Waals surface area contributed by atoms with Gasteiger partial charge in [0.15, 0.2) is 0 Å². The monoisotopic (exact) mass is 387 g/mol. The number of rotatable bonds is 7. The standard InChI is InChI=1S/C24H29N5/c1-2-28(19-20-9-5-3-6-10-20)24-25-16-15-23(27-24)26-21-11-13-22(14-12-21)29-17-7-4-8-18-29/h3,5-6,9-16H,2,4,7-8,17-19H2,1H3,(H,25,26,27). The fourth-order valence-corrected chi connectivity index (χ4v) is 3.75. The molecular formula is C24H29N5. The molecule has 3 aromatic rings. The van der Waals surface area contributed by atoms with E-state index >= 15 is 0 Å². The van der Waals surface area contributed by atoms with Crippen molar-refractivity contribution in [2.24, 2.45) is 0 Å². The molecule has 0 radical (unpaired) electrons. The van der Waals surface area contributed by atoms with Crippen LogP contribution in [0.15, 0.2) is 66.9 Å². The van der Waals surface area contributed by atoms with Crippen molar-refractivity contribution in [2.45, 2.75) is 32.7 Å². The van der Waals surface area contributed by atoms with Crippen LogP contribution in [0.25, 0.3) is 0 Å². The number of anilines is 4. The second-order valence-corrected chi connectivity index (χ2v) is 7.46. The third-order valence-electron chi connectivity index (χ3n) is 5.38. The normalized spacial score (nSPS) is 13.9. The lowest BCUT2D eigenvalue weighted by atomic mass is 10.1. The molecule has 0 atom stereocenters. The third-order valence-corrected chi connectivity index (χ3v) is 5.38. The molecule has 29 heavy (non-hydrogen) atoms. The van der Waals surface area contributed by atoms with Gasteiger partial charge in [0.1, 0.15) is 5.82 Å². The van der Waals surface area contributed by atoms with Crippen LogP contribution in [0.3, 0.4) is 0 Å². The van der Waals surface area contributed by atoms with Gasteiger partial charge < -0.3 is 15.1 Å². The summed E-state index contributed by atoms with van der Waals surface area (Å²) in [7, 11) is 0. The summed E-state index contributed by atoms with van der Waals surface area (Å²) in [4.78, 5) is 13.9. The van der Waals surface area contributed by atoms with Gasteiger partial charge in [0.25, 0.3) is 0 Å². The van der Waals surface area contributed by atoms with Crippen LogP contribution in [-0.4, -0.2) is 29.6 Å². The highest BCUT2D eigenvalue weighted by molar-refractivity contribution is 5.61. The Bertz CT molecular complexity index is 889. The van der Waals surface area contributed by atoms with Crippen molar-refractivity contribution in [2.75, 3.05) is 34.8 Å². The molecule has 5 nitrogen and oxygen atoms in total. The zero-order chi connectivity index (χ0) is 19.9. The summed E-state index contributed by atoms with van der Waals surface area (Å²) in [6, 6.07) is 21.0. The Morgan fingerprint density at radius 2 is 1.69 bits per heavy atom. The van der Waals surface area contributed by atoms with Crippen LogP contribution < -0.4 is 15.1 Å². The first-order valence-electron chi connectivity index (χ1n) is 10.6. The van der Waals surface area contributed by atoms with E-state index in [1.165, 1.54) is 30.5 Å². The van der Waals surface area contributed by atoms with Gasteiger partial charge in [-0.15, -0.1) is 0 Å². The maximum Gasteiger partial charge on any atom is 0.227 e. The van der Waals surface area contributed by atoms with Gasteiger partial charge in [0.05, 0.1) is 0 Å². The summed E-state index contributed by atoms with van der Waals surface area (Å²) in [5.41, 5.74) is 3.60. The molecule has 1 N–H and O–H groups in total. The number of aromatic nitrogens is 2. The Balaban J connectivity index is 1.44. The summed E-state index contributed by atoms with van der Waals surface area (Å²) in [6.07, 6.45) is 5.76. The quantitative estimate of drug-likeness (QED) is 0.601. The Morgan fingerprint density at radius 3 is 2.41 bits per heavy atom. The van der Waals surface area contributed by atoms with Gasteiger partial charge in [-0.05, 0) is 62.1 Å². The Kier molecular flexibility index (Phi) is 6.25. The second kappa shape index (κ2) is 9.41. The fraction of sp³-hybridized carbons (Fsp3) is 0.333. The molecule has 0 unspecified atom stereocenters. The van der Waals surface area contributed by atoms with Gasteiger partial charge in [-0.3, -0.25) is 0 Å². The smallest absolute Gasteiger partial charge is 0.227 e. The Labute approximate surface area is 173 Å². The van der Waals surface area contributed by atoms with Gasteiger partial charge in [-0.2, -0.15) is 4.98 Å². The minimum absolute atomic E-state index is 0.742. The van der Waals surface area contributed by atoms with Crippen molar-refractivity contribution in [3.05, 3.63) is 72.4 Å². The molecule has 0 saturated carbocycles. The molecular weight excluding hydrogens is 358 g/mol. The van der Waals surface area contributed by atoms with Crippen LogP contribution in [-0.2, 0) is 6.54 Å². The van der Waals surface area contributed by atoms with Crippen LogP contribution in [0, 0.1) is 0 Å². The Hall–Kier alpha value is -3.08. The molecule has 1 saturated heterocycles. The molecule has 1 aliphatic rings. The number of nitrogens with one attached hydrogen (secondary N) is 1. The van der Waals surface area contributed by atoms with E-state index in [0.29, 0.717) is 0 Å². The van der Waals surface area contributed by atoms with E-state index in [4.69, 9.17) is 4.98 Å². The highest BCUT2D eigenvalue weighted by Crippen LogP contribution is 2.24. The van der Waals surface area contributed by atoms with Crippen LogP contribution >= 0.6 is 0 Å². The van der Waals surface area contributed by atoms with Crippen molar-refractivity contribution in [1.82, 2.24) is 9.97 Å². The molecule has 0 amide bonds. The predicted molar refractivity (Wildman–Crippen MR) is 121 cm³/mol. The average Bonchev–Trinajstić information content (AvgIpc) is 2.79. The Morgan fingerprint density at radius 1 is 0.931 bits per heavy atom. The van der Waals surface area contributed by atoms with Gasteiger partial charge >= 0.3 is 0 Å². The highest BCUT2D eigenvalue weighted by Gasteiger charge is 2.11. The summed E-state index contributed by atoms with van der Waals surface area (Å²) in [5, 5.41) is 3.42. The zero-order valence-electron chi connectivity index (χ0n) is 17.1. The first-order chi connectivity index (χ1) is 14.3. The minimum Gasteiger partial charge on any atom is -0.372 e. The number of piperidine rings is 1. The minimum atomic E-state index is 0.742. The summed E-state index contributed by atoms with van der Waals surface area (Å²) < 4.78 is 0. The SMILES string of the molecule is CCN(Cc1ccccc1)c1nccc(Nc2ccc(N3CCCCC3)cc2)n1. The largest absolute Gasteiger partial charge is 0.372 e. The molecule has 0 aliphatic carbocycles. The van der Waals surface area contributed by atoms with E-state index in [1.807, 2.05) is 18.3 Å². The van der Waals surface area contributed by atoms with Crippen molar-refractivity contribution >= 4 is 23.1 Å². The van der Waals surface area contributed by atoms with Crippen molar-refractivity contribution in [3.8, 4) is 0 Å². The van der Waals surface area contributed by atoms with E-state index in [1.54, 1.807) is 0 Å². The number of hydrogen-bond acceptors (Lipinski definition) is 5. The first-order valence-corrected chi connectivity index (χ1v) is 10.6. The number of benzene rings is 2. The summed E-state index contributed by atoms with van der Waals surface area (Å²) in [6.45, 7) is 6.10. The average molecular weight is 388 g/mol. The van der Waals surface area contributed by atoms with Crippen molar-refractivity contribution < 1.29 is 0 Å². The highest BCUT2D eigenvalue weighted by atomic mass is 15.3. The topological polar surface area (TPSA) is 44.3 Å². The molecule has 0 spiro atoms. The molecule has 2 aromatic carbocycles. The van der Waals surface area contributed by atoms with Crippen molar-refractivity contribution in [3.63, 3.8) is 0 Å². The molecule has 1 fully saturated rings. The maximum absolute atomic E-state index is 4.74. The zero-order valence-corrected chi connectivity index (χ0v) is 17.1. The molecule has 0 bridgehead atoms. The van der Waals surface area contributed by atoms with Gasteiger partial charge in [-0.25, -0.2) is 4.98 Å². The summed E-state index contributed by atoms with van der Waals surface area (Å²) in [5.74, 6) is 1.55. The first kappa shape index (κ1) is 19.2. The second-order valence-electron chi connectivity index (χ2n) is 7.46. The molecule has 1 aromatic heterocycles. The number of hydrogen-bond donors (Lipinski definition) is 1. The lowest BCUT2D eigenvalue weighted by Gasteiger charge is -2.28. The third kappa shape index (κ3) is 5.05. The molecule has 150 valence electrons. The summed E-state index contributed by atoms with van der Waals surface area (Å²) >= 11 is 0. The maximum atomic E-state index is 4.74. The van der Waals surface area contributed by atoms with E-state index in [2.05, 4.69) is 75.6 Å². The van der Waals surface area contributed by atoms with E-state index in [0.717, 1.165) is 43.6 Å². The van der Waals surface area contributed by atoms with Crippen LogP contribution in [0.5, 0.6) is 0 Å². The lowest BCUT2D eigenvalue weighted by molar-refractivity contribution is 0.578. The molecule has 1 aliphatic heterocycles. The van der Waals surface area contributed by atoms with Crippen LogP contribution in [0.4, 0.5) is 23.1 Å². The molecule has 5 heteroatoms. The van der Waals surface area contributed by atoms with Gasteiger partial charge in [0, 0.05) is 43.8 Å². The fourth-order valence-electron chi connectivity index (χ4n) is 3.75. The van der Waals surface area contributed by atoms with Crippen molar-refractivity contribution in [1.29, 1.82) is 0 Å². The lowest BCUT2D eigenvalue weighted by Crippen LogP contribution is -2.29. The van der Waals surface area contributed by atoms with E-state index in [-0.39, 0.29) is 0 Å². The number of nitrogens with zero attached hydrogens (tertiary/aromatic N) is 4. The van der Waals surface area contributed by atoms with E-state index < -0.39 is 0 Å².